The summed E-state index contributed by atoms with van der Waals surface area (Å²) in [6.45, 7) is 3.14. The molecular weight excluding hydrogens is 354 g/mol. The van der Waals surface area contributed by atoms with E-state index in [1.165, 1.54) is 5.56 Å². The molecule has 0 unspecified atom stereocenters. The number of hydrogen-bond acceptors (Lipinski definition) is 4. The molecule has 0 spiro atoms. The Morgan fingerprint density at radius 1 is 1.00 bits per heavy atom. The molecule has 28 heavy (non-hydrogen) atoms. The molecular formula is C22H23N3O3. The highest BCUT2D eigenvalue weighted by molar-refractivity contribution is 5.92. The van der Waals surface area contributed by atoms with Crippen molar-refractivity contribution in [3.05, 3.63) is 71.0 Å². The van der Waals surface area contributed by atoms with Crippen LogP contribution < -0.4 is 9.47 Å². The summed E-state index contributed by atoms with van der Waals surface area (Å²) in [5, 5.41) is 4.55. The van der Waals surface area contributed by atoms with E-state index in [9.17, 15) is 4.79 Å². The third kappa shape index (κ3) is 3.22. The van der Waals surface area contributed by atoms with Gasteiger partial charge in [-0.05, 0) is 54.8 Å². The van der Waals surface area contributed by atoms with Crippen molar-refractivity contribution in [1.29, 1.82) is 0 Å². The van der Waals surface area contributed by atoms with Gasteiger partial charge < -0.3 is 14.4 Å². The van der Waals surface area contributed by atoms with Gasteiger partial charge in [0, 0.05) is 18.8 Å². The molecule has 3 aromatic rings. The van der Waals surface area contributed by atoms with E-state index in [1.54, 1.807) is 18.9 Å². The van der Waals surface area contributed by atoms with Gasteiger partial charge in [0.1, 0.15) is 0 Å². The van der Waals surface area contributed by atoms with Gasteiger partial charge in [-0.15, -0.1) is 0 Å². The maximum absolute atomic E-state index is 13.1. The van der Waals surface area contributed by atoms with Gasteiger partial charge in [0.2, 0.25) is 0 Å². The molecule has 0 saturated carbocycles. The number of carbonyl (C=O) groups excluding carboxylic acids is 1. The number of hydrogen-bond donors (Lipinski definition) is 0. The Balaban J connectivity index is 1.59. The molecule has 0 fully saturated rings. The lowest BCUT2D eigenvalue weighted by molar-refractivity contribution is 0.0728. The van der Waals surface area contributed by atoms with Gasteiger partial charge in [-0.3, -0.25) is 4.79 Å². The topological polar surface area (TPSA) is 56.6 Å². The summed E-state index contributed by atoms with van der Waals surface area (Å²) >= 11 is 0. The van der Waals surface area contributed by atoms with Crippen LogP contribution in [0.2, 0.25) is 0 Å². The van der Waals surface area contributed by atoms with Crippen LogP contribution in [-0.4, -0.2) is 41.4 Å². The van der Waals surface area contributed by atoms with E-state index in [-0.39, 0.29) is 5.91 Å². The summed E-state index contributed by atoms with van der Waals surface area (Å²) in [6.07, 6.45) is 0.778. The predicted octanol–water partition coefficient (Wildman–Crippen LogP) is 3.40. The summed E-state index contributed by atoms with van der Waals surface area (Å²) in [4.78, 5) is 14.9. The first kappa shape index (κ1) is 18.1. The number of amides is 1. The van der Waals surface area contributed by atoms with Crippen molar-refractivity contribution >= 4 is 5.91 Å². The van der Waals surface area contributed by atoms with Crippen molar-refractivity contribution in [1.82, 2.24) is 14.7 Å². The molecule has 4 rings (SSSR count). The van der Waals surface area contributed by atoms with Crippen LogP contribution in [0.5, 0.6) is 11.5 Å². The molecule has 6 heteroatoms. The fourth-order valence-electron chi connectivity index (χ4n) is 3.63. The molecule has 0 aliphatic carbocycles. The van der Waals surface area contributed by atoms with E-state index in [0.29, 0.717) is 24.5 Å². The minimum Gasteiger partial charge on any atom is -0.493 e. The molecule has 0 bridgehead atoms. The van der Waals surface area contributed by atoms with Crippen LogP contribution in [0.25, 0.3) is 5.69 Å². The number of para-hydroxylation sites is 1. The van der Waals surface area contributed by atoms with Gasteiger partial charge in [-0.1, -0.05) is 18.2 Å². The largest absolute Gasteiger partial charge is 0.493 e. The van der Waals surface area contributed by atoms with E-state index in [1.807, 2.05) is 60.4 Å². The Labute approximate surface area is 164 Å². The van der Waals surface area contributed by atoms with Gasteiger partial charge in [0.25, 0.3) is 5.91 Å². The fourth-order valence-corrected chi connectivity index (χ4v) is 3.63. The van der Waals surface area contributed by atoms with Crippen molar-refractivity contribution in [2.45, 2.75) is 19.9 Å². The zero-order valence-electron chi connectivity index (χ0n) is 16.3. The lowest BCUT2D eigenvalue weighted by Crippen LogP contribution is -2.36. The van der Waals surface area contributed by atoms with Crippen molar-refractivity contribution < 1.29 is 14.3 Å². The zero-order chi connectivity index (χ0) is 19.7. The van der Waals surface area contributed by atoms with Crippen LogP contribution in [0.1, 0.15) is 27.3 Å². The number of nitrogens with zero attached hydrogens (tertiary/aromatic N) is 3. The highest BCUT2D eigenvalue weighted by Crippen LogP contribution is 2.33. The van der Waals surface area contributed by atoms with Crippen molar-refractivity contribution in [2.75, 3.05) is 20.8 Å². The van der Waals surface area contributed by atoms with Crippen LogP contribution in [0.3, 0.4) is 0 Å². The Morgan fingerprint density at radius 2 is 1.68 bits per heavy atom. The summed E-state index contributed by atoms with van der Waals surface area (Å²) in [5.41, 5.74) is 4.60. The Hall–Kier alpha value is -3.28. The molecule has 1 aliphatic rings. The number of methoxy groups -OCH3 is 2. The van der Waals surface area contributed by atoms with Crippen molar-refractivity contribution in [2.24, 2.45) is 0 Å². The quantitative estimate of drug-likeness (QED) is 0.699. The molecule has 0 atom stereocenters. The monoisotopic (exact) mass is 377 g/mol. The number of benzene rings is 2. The number of rotatable bonds is 4. The van der Waals surface area contributed by atoms with Crippen LogP contribution >= 0.6 is 0 Å². The molecule has 144 valence electrons. The average molecular weight is 377 g/mol. The maximum atomic E-state index is 13.1. The summed E-state index contributed by atoms with van der Waals surface area (Å²) in [5.74, 6) is 1.34. The number of aryl methyl sites for hydroxylation is 1. The van der Waals surface area contributed by atoms with E-state index < -0.39 is 0 Å². The molecule has 0 saturated heterocycles. The van der Waals surface area contributed by atoms with Crippen LogP contribution in [-0.2, 0) is 13.0 Å². The SMILES string of the molecule is COc1cc2c(cc1OC)CN(C(=O)c1cc(C)n(-c3ccccc3)n1)CC2. The summed E-state index contributed by atoms with van der Waals surface area (Å²) in [6, 6.07) is 15.6. The molecule has 2 aromatic carbocycles. The van der Waals surface area contributed by atoms with Gasteiger partial charge in [-0.25, -0.2) is 4.68 Å². The highest BCUT2D eigenvalue weighted by atomic mass is 16.5. The van der Waals surface area contributed by atoms with E-state index >= 15 is 0 Å². The average Bonchev–Trinajstić information content (AvgIpc) is 3.13. The number of carbonyl (C=O) groups is 1. The Kier molecular flexibility index (Phi) is 4.77. The van der Waals surface area contributed by atoms with Crippen molar-refractivity contribution in [3.8, 4) is 17.2 Å². The number of aromatic nitrogens is 2. The van der Waals surface area contributed by atoms with E-state index in [0.717, 1.165) is 29.1 Å². The third-order valence-electron chi connectivity index (χ3n) is 5.11. The number of ether oxygens (including phenoxy) is 2. The van der Waals surface area contributed by atoms with E-state index in [4.69, 9.17) is 9.47 Å². The van der Waals surface area contributed by atoms with Gasteiger partial charge in [0.15, 0.2) is 17.2 Å². The molecule has 2 heterocycles. The fraction of sp³-hybridized carbons (Fsp3) is 0.273. The minimum absolute atomic E-state index is 0.0572. The van der Waals surface area contributed by atoms with Gasteiger partial charge in [0.05, 0.1) is 19.9 Å². The normalized spacial score (nSPS) is 13.2. The maximum Gasteiger partial charge on any atom is 0.274 e. The predicted molar refractivity (Wildman–Crippen MR) is 106 cm³/mol. The second-order valence-electron chi connectivity index (χ2n) is 6.87. The molecule has 1 aliphatic heterocycles. The Bertz CT molecular complexity index is 1010. The third-order valence-corrected chi connectivity index (χ3v) is 5.11. The smallest absolute Gasteiger partial charge is 0.274 e. The first-order valence-corrected chi connectivity index (χ1v) is 9.26. The van der Waals surface area contributed by atoms with Crippen molar-refractivity contribution in [3.63, 3.8) is 0 Å². The lowest BCUT2D eigenvalue weighted by Gasteiger charge is -2.29. The standard InChI is InChI=1S/C22H23N3O3/c1-15-11-19(23-25(15)18-7-5-4-6-8-18)22(26)24-10-9-16-12-20(27-2)21(28-3)13-17(16)14-24/h4-8,11-13H,9-10,14H2,1-3H3. The number of fused-ring (bicyclic) bond motifs is 1. The molecule has 1 amide bonds. The van der Waals surface area contributed by atoms with Gasteiger partial charge in [-0.2, -0.15) is 5.10 Å². The molecule has 0 N–H and O–H groups in total. The second-order valence-corrected chi connectivity index (χ2v) is 6.87. The zero-order valence-corrected chi connectivity index (χ0v) is 16.3. The molecule has 6 nitrogen and oxygen atoms in total. The Morgan fingerprint density at radius 3 is 2.36 bits per heavy atom. The minimum atomic E-state index is -0.0572. The first-order valence-electron chi connectivity index (χ1n) is 9.26. The lowest BCUT2D eigenvalue weighted by atomic mass is 9.98. The first-order chi connectivity index (χ1) is 13.6. The van der Waals surface area contributed by atoms with Crippen LogP contribution in [0, 0.1) is 6.92 Å². The van der Waals surface area contributed by atoms with Crippen LogP contribution in [0.4, 0.5) is 0 Å². The van der Waals surface area contributed by atoms with Crippen LogP contribution in [0.15, 0.2) is 48.5 Å². The molecule has 0 radical (unpaired) electrons. The highest BCUT2D eigenvalue weighted by Gasteiger charge is 2.25. The summed E-state index contributed by atoms with van der Waals surface area (Å²) in [7, 11) is 3.25. The molecule has 1 aromatic heterocycles. The van der Waals surface area contributed by atoms with E-state index in [2.05, 4.69) is 5.10 Å². The second kappa shape index (κ2) is 7.38. The van der Waals surface area contributed by atoms with Gasteiger partial charge >= 0.3 is 0 Å². The summed E-state index contributed by atoms with van der Waals surface area (Å²) < 4.78 is 12.6.